The first kappa shape index (κ1) is 29.8. The molecule has 0 aliphatic carbocycles. The summed E-state index contributed by atoms with van der Waals surface area (Å²) in [6.45, 7) is 0. The lowest BCUT2D eigenvalue weighted by molar-refractivity contribution is 0.665. The fourth-order valence-corrected chi connectivity index (χ4v) is 9.47. The Morgan fingerprint density at radius 3 is 1.71 bits per heavy atom. The van der Waals surface area contributed by atoms with E-state index in [2.05, 4.69) is 179 Å². The second-order valence-corrected chi connectivity index (χ2v) is 14.8. The quantitative estimate of drug-likeness (QED) is 0.183. The van der Waals surface area contributed by atoms with Crippen molar-refractivity contribution in [3.05, 3.63) is 182 Å². The number of benzene rings is 9. The van der Waals surface area contributed by atoms with Crippen LogP contribution < -0.4 is 0 Å². The highest BCUT2D eigenvalue weighted by Gasteiger charge is 2.22. The summed E-state index contributed by atoms with van der Waals surface area (Å²) in [6.07, 6.45) is 0. The molecule has 4 nitrogen and oxygen atoms in total. The van der Waals surface area contributed by atoms with Crippen LogP contribution in [0.25, 0.3) is 121 Å². The van der Waals surface area contributed by atoms with Gasteiger partial charge in [-0.25, -0.2) is 0 Å². The monoisotopic (exact) mass is 714 g/mol. The van der Waals surface area contributed by atoms with Crippen molar-refractivity contribution in [2.45, 2.75) is 0 Å². The standard InChI is InChI=1S/C52H30N2O2/c1-2-12-32-29-33(24-23-31(32)11-1)53-45-21-7-4-15-42(45)49-46(53)27-26-37-35-13-3-6-20-44(35)54(50(37)49)34-25-28-48-43(30-34)41-19-10-18-40(52(41)56-48)39-17-9-16-38-36-14-5-8-22-47(36)55-51(38)39/h1-30H. The molecule has 0 aliphatic rings. The lowest BCUT2D eigenvalue weighted by Gasteiger charge is -2.11. The maximum absolute atomic E-state index is 6.76. The van der Waals surface area contributed by atoms with E-state index >= 15 is 0 Å². The van der Waals surface area contributed by atoms with Gasteiger partial charge in [0.25, 0.3) is 0 Å². The van der Waals surface area contributed by atoms with Crippen molar-refractivity contribution in [1.82, 2.24) is 9.13 Å². The van der Waals surface area contributed by atoms with E-state index in [1.165, 1.54) is 54.4 Å². The maximum atomic E-state index is 6.76. The highest BCUT2D eigenvalue weighted by molar-refractivity contribution is 6.26. The summed E-state index contributed by atoms with van der Waals surface area (Å²) in [5.41, 5.74) is 12.5. The van der Waals surface area contributed by atoms with Gasteiger partial charge in [-0.1, -0.05) is 127 Å². The fraction of sp³-hybridized carbons (Fsp3) is 0. The Bertz CT molecular complexity index is 3780. The van der Waals surface area contributed by atoms with Crippen LogP contribution in [0.4, 0.5) is 0 Å². The molecule has 13 rings (SSSR count). The molecule has 0 N–H and O–H groups in total. The molecule has 0 radical (unpaired) electrons. The van der Waals surface area contributed by atoms with Crippen molar-refractivity contribution in [3.63, 3.8) is 0 Å². The molecule has 0 saturated heterocycles. The van der Waals surface area contributed by atoms with Crippen LogP contribution in [-0.2, 0) is 0 Å². The van der Waals surface area contributed by atoms with Gasteiger partial charge in [0.15, 0.2) is 0 Å². The second-order valence-electron chi connectivity index (χ2n) is 14.8. The Hall–Kier alpha value is -7.56. The van der Waals surface area contributed by atoms with Gasteiger partial charge in [0.1, 0.15) is 22.3 Å². The third-order valence-corrected chi connectivity index (χ3v) is 11.9. The zero-order valence-corrected chi connectivity index (χ0v) is 30.0. The molecule has 9 aromatic carbocycles. The lowest BCUT2D eigenvalue weighted by Crippen LogP contribution is -1.95. The van der Waals surface area contributed by atoms with Crippen molar-refractivity contribution in [2.75, 3.05) is 0 Å². The van der Waals surface area contributed by atoms with Gasteiger partial charge in [0.05, 0.1) is 22.1 Å². The molecule has 0 amide bonds. The van der Waals surface area contributed by atoms with Gasteiger partial charge in [-0.3, -0.25) is 0 Å². The summed E-state index contributed by atoms with van der Waals surface area (Å²) in [5.74, 6) is 0. The van der Waals surface area contributed by atoms with Crippen molar-refractivity contribution in [2.24, 2.45) is 0 Å². The predicted octanol–water partition coefficient (Wildman–Crippen LogP) is 14.5. The van der Waals surface area contributed by atoms with Gasteiger partial charge in [-0.15, -0.1) is 0 Å². The van der Waals surface area contributed by atoms with E-state index in [0.29, 0.717) is 0 Å². The Morgan fingerprint density at radius 1 is 0.321 bits per heavy atom. The molecule has 0 atom stereocenters. The van der Waals surface area contributed by atoms with E-state index in [-0.39, 0.29) is 0 Å². The number of fused-ring (bicyclic) bond motifs is 14. The van der Waals surface area contributed by atoms with Gasteiger partial charge >= 0.3 is 0 Å². The summed E-state index contributed by atoms with van der Waals surface area (Å²) in [7, 11) is 0. The highest BCUT2D eigenvalue weighted by atomic mass is 16.3. The SMILES string of the molecule is c1ccc2cc(-n3c4ccccc4c4c3ccc3c5ccccc5n(-c5ccc6oc7c(-c8cccc9c8oc8ccccc89)cccc7c6c5)c34)ccc2c1. The molecule has 0 bridgehead atoms. The van der Waals surface area contributed by atoms with Crippen LogP contribution in [-0.4, -0.2) is 9.13 Å². The Labute approximate surface area is 319 Å². The number of para-hydroxylation sites is 5. The van der Waals surface area contributed by atoms with E-state index in [1.54, 1.807) is 0 Å². The first-order valence-corrected chi connectivity index (χ1v) is 19.1. The Kier molecular flexibility index (Phi) is 5.86. The molecule has 0 aliphatic heterocycles. The first-order chi connectivity index (χ1) is 27.8. The van der Waals surface area contributed by atoms with E-state index in [4.69, 9.17) is 8.83 Å². The zero-order valence-electron chi connectivity index (χ0n) is 30.0. The third-order valence-electron chi connectivity index (χ3n) is 11.9. The van der Waals surface area contributed by atoms with Crippen LogP contribution in [0.2, 0.25) is 0 Å². The molecule has 4 heteroatoms. The molecular formula is C52H30N2O2. The minimum atomic E-state index is 0.854. The molecule has 4 aromatic heterocycles. The average Bonchev–Trinajstić information content (AvgIpc) is 4.01. The van der Waals surface area contributed by atoms with E-state index in [9.17, 15) is 0 Å². The predicted molar refractivity (Wildman–Crippen MR) is 233 cm³/mol. The largest absolute Gasteiger partial charge is 0.455 e. The molecule has 0 fully saturated rings. The van der Waals surface area contributed by atoms with Crippen molar-refractivity contribution < 1.29 is 8.83 Å². The van der Waals surface area contributed by atoms with Crippen molar-refractivity contribution in [1.29, 1.82) is 0 Å². The van der Waals surface area contributed by atoms with Gasteiger partial charge in [0.2, 0.25) is 0 Å². The average molecular weight is 715 g/mol. The maximum Gasteiger partial charge on any atom is 0.143 e. The number of rotatable bonds is 3. The van der Waals surface area contributed by atoms with Crippen molar-refractivity contribution in [3.8, 4) is 22.5 Å². The first-order valence-electron chi connectivity index (χ1n) is 19.1. The molecule has 0 saturated carbocycles. The second kappa shape index (κ2) is 11.0. The normalized spacial score (nSPS) is 12.3. The molecule has 260 valence electrons. The molecule has 13 aromatic rings. The van der Waals surface area contributed by atoms with Gasteiger partial charge < -0.3 is 18.0 Å². The summed E-state index contributed by atoms with van der Waals surface area (Å²) in [6, 6.07) is 65.3. The summed E-state index contributed by atoms with van der Waals surface area (Å²) < 4.78 is 18.1. The van der Waals surface area contributed by atoms with E-state index in [0.717, 1.165) is 66.4 Å². The number of hydrogen-bond acceptors (Lipinski definition) is 2. The smallest absolute Gasteiger partial charge is 0.143 e. The fourth-order valence-electron chi connectivity index (χ4n) is 9.47. The topological polar surface area (TPSA) is 36.1 Å². The molecular weight excluding hydrogens is 685 g/mol. The molecule has 4 heterocycles. The third kappa shape index (κ3) is 3.97. The number of aromatic nitrogens is 2. The summed E-state index contributed by atoms with van der Waals surface area (Å²) >= 11 is 0. The van der Waals surface area contributed by atoms with Gasteiger partial charge in [-0.05, 0) is 65.4 Å². The lowest BCUT2D eigenvalue weighted by atomic mass is 10.00. The Morgan fingerprint density at radius 2 is 0.911 bits per heavy atom. The van der Waals surface area contributed by atoms with Crippen LogP contribution in [0, 0.1) is 0 Å². The minimum Gasteiger partial charge on any atom is -0.455 e. The molecule has 56 heavy (non-hydrogen) atoms. The molecule has 0 spiro atoms. The number of hydrogen-bond donors (Lipinski definition) is 0. The zero-order chi connectivity index (χ0) is 36.5. The van der Waals surface area contributed by atoms with Crippen LogP contribution in [0.1, 0.15) is 0 Å². The number of nitrogens with zero attached hydrogens (tertiary/aromatic N) is 2. The van der Waals surface area contributed by atoms with Crippen molar-refractivity contribution >= 4 is 98.3 Å². The van der Waals surface area contributed by atoms with Gasteiger partial charge in [-0.2, -0.15) is 0 Å². The number of furan rings is 2. The van der Waals surface area contributed by atoms with Crippen LogP contribution in [0.5, 0.6) is 0 Å². The van der Waals surface area contributed by atoms with Crippen LogP contribution in [0.15, 0.2) is 191 Å². The summed E-state index contributed by atoms with van der Waals surface area (Å²) in [4.78, 5) is 0. The highest BCUT2D eigenvalue weighted by Crippen LogP contribution is 2.45. The van der Waals surface area contributed by atoms with E-state index in [1.807, 2.05) is 12.1 Å². The van der Waals surface area contributed by atoms with E-state index < -0.39 is 0 Å². The summed E-state index contributed by atoms with van der Waals surface area (Å²) in [5, 5.41) is 11.8. The van der Waals surface area contributed by atoms with Crippen LogP contribution in [0.3, 0.4) is 0 Å². The minimum absolute atomic E-state index is 0.854. The molecule has 0 unspecified atom stereocenters. The Balaban J connectivity index is 1.08. The van der Waals surface area contributed by atoms with Gasteiger partial charge in [0, 0.05) is 65.6 Å². The van der Waals surface area contributed by atoms with Crippen LogP contribution >= 0.6 is 0 Å².